The number of ether oxygens (including phenoxy) is 2. The SMILES string of the molecule is CC/C=C\C/C=C\C/C=C\C/C=C\CCCCCCCCCCCCCCCCCCCCCCC(=O)OC(COC(=O)CCCCCCCCC/C=C\CCCCCCCC)COP(=O)(O)OCC[N+](C)(C)C. The zero-order valence-electron chi connectivity index (χ0n) is 49.1. The van der Waals surface area contributed by atoms with E-state index in [1.165, 1.54) is 193 Å². The lowest BCUT2D eigenvalue weighted by molar-refractivity contribution is -0.870. The summed E-state index contributed by atoms with van der Waals surface area (Å²) in [6, 6.07) is 0. The molecule has 0 aromatic rings. The van der Waals surface area contributed by atoms with Crippen LogP contribution >= 0.6 is 7.82 Å². The number of likely N-dealkylation sites (N-methyl/N-ethyl adjacent to an activating group) is 1. The van der Waals surface area contributed by atoms with E-state index in [0.29, 0.717) is 17.4 Å². The van der Waals surface area contributed by atoms with E-state index in [-0.39, 0.29) is 32.0 Å². The first-order chi connectivity index (χ1) is 36.0. The van der Waals surface area contributed by atoms with E-state index in [1.54, 1.807) is 0 Å². The number of hydrogen-bond donors (Lipinski definition) is 1. The zero-order chi connectivity index (χ0) is 54.2. The minimum Gasteiger partial charge on any atom is -0.462 e. The third-order valence-corrected chi connectivity index (χ3v) is 14.5. The van der Waals surface area contributed by atoms with Gasteiger partial charge in [-0.15, -0.1) is 0 Å². The van der Waals surface area contributed by atoms with Crippen LogP contribution in [0.2, 0.25) is 0 Å². The van der Waals surface area contributed by atoms with Gasteiger partial charge in [0.05, 0.1) is 27.7 Å². The van der Waals surface area contributed by atoms with Crippen molar-refractivity contribution < 1.29 is 42.1 Å². The van der Waals surface area contributed by atoms with Crippen LogP contribution < -0.4 is 0 Å². The number of unbranched alkanes of at least 4 members (excludes halogenated alkanes) is 33. The summed E-state index contributed by atoms with van der Waals surface area (Å²) >= 11 is 0. The van der Waals surface area contributed by atoms with E-state index in [2.05, 4.69) is 74.6 Å². The van der Waals surface area contributed by atoms with Crippen LogP contribution in [0.15, 0.2) is 60.8 Å². The Morgan fingerprint density at radius 1 is 0.432 bits per heavy atom. The largest absolute Gasteiger partial charge is 0.472 e. The van der Waals surface area contributed by atoms with Gasteiger partial charge in [-0.2, -0.15) is 0 Å². The molecule has 0 aliphatic carbocycles. The summed E-state index contributed by atoms with van der Waals surface area (Å²) in [5.41, 5.74) is 0. The van der Waals surface area contributed by atoms with Crippen LogP contribution in [-0.2, 0) is 32.7 Å². The van der Waals surface area contributed by atoms with Gasteiger partial charge in [0, 0.05) is 12.8 Å². The molecule has 0 bridgehead atoms. The van der Waals surface area contributed by atoms with E-state index < -0.39 is 26.5 Å². The van der Waals surface area contributed by atoms with Gasteiger partial charge in [0.2, 0.25) is 0 Å². The molecule has 0 saturated heterocycles. The highest BCUT2D eigenvalue weighted by Gasteiger charge is 2.27. The first-order valence-corrected chi connectivity index (χ1v) is 32.5. The summed E-state index contributed by atoms with van der Waals surface area (Å²) in [5.74, 6) is -0.791. The number of carbonyl (C=O) groups is 2. The van der Waals surface area contributed by atoms with Crippen molar-refractivity contribution in [3.63, 3.8) is 0 Å². The number of carbonyl (C=O) groups excluding carboxylic acids is 2. The lowest BCUT2D eigenvalue weighted by Crippen LogP contribution is -2.37. The van der Waals surface area contributed by atoms with Gasteiger partial charge in [-0.25, -0.2) is 4.57 Å². The Morgan fingerprint density at radius 3 is 1.16 bits per heavy atom. The van der Waals surface area contributed by atoms with Crippen LogP contribution in [0.5, 0.6) is 0 Å². The van der Waals surface area contributed by atoms with Gasteiger partial charge >= 0.3 is 19.8 Å². The number of esters is 2. The van der Waals surface area contributed by atoms with Crippen molar-refractivity contribution in [2.75, 3.05) is 47.5 Å². The molecule has 1 N–H and O–H groups in total. The van der Waals surface area contributed by atoms with Crippen molar-refractivity contribution in [3.05, 3.63) is 60.8 Å². The number of phosphoric acid groups is 1. The number of nitrogens with zero attached hydrogens (tertiary/aromatic N) is 1. The van der Waals surface area contributed by atoms with Crippen LogP contribution in [0.3, 0.4) is 0 Å². The first kappa shape index (κ1) is 71.7. The third kappa shape index (κ3) is 59.0. The molecule has 0 heterocycles. The van der Waals surface area contributed by atoms with Gasteiger partial charge in [-0.1, -0.05) is 254 Å². The molecule has 0 spiro atoms. The molecule has 432 valence electrons. The normalized spacial score (nSPS) is 13.6. The molecule has 0 radical (unpaired) electrons. The number of rotatable bonds is 57. The van der Waals surface area contributed by atoms with E-state index in [4.69, 9.17) is 18.5 Å². The van der Waals surface area contributed by atoms with Crippen molar-refractivity contribution >= 4 is 19.8 Å². The second kappa shape index (κ2) is 55.5. The molecule has 2 unspecified atom stereocenters. The average Bonchev–Trinajstić information content (AvgIpc) is 3.36. The highest BCUT2D eigenvalue weighted by Crippen LogP contribution is 2.43. The lowest BCUT2D eigenvalue weighted by Gasteiger charge is -2.24. The van der Waals surface area contributed by atoms with Gasteiger partial charge in [0.1, 0.15) is 19.8 Å². The molecular weight excluding hydrogens is 942 g/mol. The van der Waals surface area contributed by atoms with Gasteiger partial charge in [-0.05, 0) is 77.0 Å². The molecular formula is C64H119NO8P+. The van der Waals surface area contributed by atoms with Crippen LogP contribution in [-0.4, -0.2) is 74.9 Å². The highest BCUT2D eigenvalue weighted by atomic mass is 31.2. The second-order valence-corrected chi connectivity index (χ2v) is 23.5. The molecule has 0 aliphatic rings. The Balaban J connectivity index is 4.02. The summed E-state index contributed by atoms with van der Waals surface area (Å²) in [6.45, 7) is 4.35. The quantitative estimate of drug-likeness (QED) is 0.0211. The summed E-state index contributed by atoms with van der Waals surface area (Å²) in [6.07, 6.45) is 71.6. The first-order valence-electron chi connectivity index (χ1n) is 31.0. The molecule has 0 saturated carbocycles. The van der Waals surface area contributed by atoms with Crippen molar-refractivity contribution in [3.8, 4) is 0 Å². The van der Waals surface area contributed by atoms with Gasteiger partial charge < -0.3 is 18.9 Å². The van der Waals surface area contributed by atoms with Crippen molar-refractivity contribution in [1.29, 1.82) is 0 Å². The fraction of sp³-hybridized carbons (Fsp3) is 0.812. The van der Waals surface area contributed by atoms with E-state index >= 15 is 0 Å². The predicted octanol–water partition coefficient (Wildman–Crippen LogP) is 19.5. The summed E-state index contributed by atoms with van der Waals surface area (Å²) in [7, 11) is 1.48. The number of allylic oxidation sites excluding steroid dienone is 10. The zero-order valence-corrected chi connectivity index (χ0v) is 50.0. The van der Waals surface area contributed by atoms with Crippen LogP contribution in [0, 0.1) is 0 Å². The standard InChI is InChI=1S/C64H118NO8P/c1-6-8-10-12-14-16-18-20-22-24-25-26-27-28-29-30-31-32-33-34-35-36-37-38-39-41-43-45-47-49-51-53-55-57-64(67)73-62(61-72-74(68,69)71-59-58-65(3,4)5)60-70-63(66)56-54-52-50-48-46-44-42-40-23-21-19-17-15-13-11-9-7-2/h8,10,14,16,20-23,25-26,62H,6-7,9,11-13,15,17-19,24,27-61H2,1-5H3/p+1/b10-8-,16-14-,22-20-,23-21-,26-25-. The smallest absolute Gasteiger partial charge is 0.462 e. The number of hydrogen-bond acceptors (Lipinski definition) is 7. The Kier molecular flexibility index (Phi) is 53.7. The van der Waals surface area contributed by atoms with Gasteiger partial charge in [0.15, 0.2) is 6.10 Å². The summed E-state index contributed by atoms with van der Waals surface area (Å²) in [4.78, 5) is 35.7. The van der Waals surface area contributed by atoms with Crippen LogP contribution in [0.25, 0.3) is 0 Å². The fourth-order valence-electron chi connectivity index (χ4n) is 8.77. The Morgan fingerprint density at radius 2 is 0.770 bits per heavy atom. The Bertz CT molecular complexity index is 1430. The topological polar surface area (TPSA) is 108 Å². The predicted molar refractivity (Wildman–Crippen MR) is 316 cm³/mol. The summed E-state index contributed by atoms with van der Waals surface area (Å²) in [5, 5.41) is 0. The van der Waals surface area contributed by atoms with Gasteiger partial charge in [-0.3, -0.25) is 18.6 Å². The van der Waals surface area contributed by atoms with E-state index in [9.17, 15) is 19.0 Å². The maximum Gasteiger partial charge on any atom is 0.472 e. The number of quaternary nitrogens is 1. The van der Waals surface area contributed by atoms with E-state index in [1.807, 2.05) is 21.1 Å². The average molecular weight is 1060 g/mol. The fourth-order valence-corrected chi connectivity index (χ4v) is 9.51. The third-order valence-electron chi connectivity index (χ3n) is 13.5. The molecule has 0 aromatic heterocycles. The summed E-state index contributed by atoms with van der Waals surface area (Å²) < 4.78 is 34.6. The highest BCUT2D eigenvalue weighted by molar-refractivity contribution is 7.47. The van der Waals surface area contributed by atoms with Crippen LogP contribution in [0.4, 0.5) is 0 Å². The molecule has 2 atom stereocenters. The maximum absolute atomic E-state index is 12.8. The van der Waals surface area contributed by atoms with Crippen LogP contribution in [0.1, 0.15) is 284 Å². The molecule has 0 amide bonds. The van der Waals surface area contributed by atoms with Crippen molar-refractivity contribution in [1.82, 2.24) is 0 Å². The minimum atomic E-state index is -4.39. The van der Waals surface area contributed by atoms with Gasteiger partial charge in [0.25, 0.3) is 0 Å². The Hall–Kier alpha value is -2.29. The second-order valence-electron chi connectivity index (χ2n) is 22.1. The number of phosphoric ester groups is 1. The maximum atomic E-state index is 12.8. The monoisotopic (exact) mass is 1060 g/mol. The minimum absolute atomic E-state index is 0.0317. The van der Waals surface area contributed by atoms with E-state index in [0.717, 1.165) is 57.8 Å². The molecule has 0 rings (SSSR count). The van der Waals surface area contributed by atoms with Crippen molar-refractivity contribution in [2.45, 2.75) is 290 Å². The molecule has 0 fully saturated rings. The molecule has 0 aromatic carbocycles. The molecule has 74 heavy (non-hydrogen) atoms. The Labute approximate surface area is 457 Å². The molecule has 9 nitrogen and oxygen atoms in total. The van der Waals surface area contributed by atoms with Crippen molar-refractivity contribution in [2.24, 2.45) is 0 Å². The molecule has 0 aliphatic heterocycles. The lowest BCUT2D eigenvalue weighted by atomic mass is 10.0. The molecule has 10 heteroatoms.